The summed E-state index contributed by atoms with van der Waals surface area (Å²) in [4.78, 5) is 23.9. The Kier molecular flexibility index (Phi) is 6.29. The first-order valence-electron chi connectivity index (χ1n) is 5.44. The Morgan fingerprint density at radius 3 is 2.41 bits per heavy atom. The Hall–Kier alpha value is -1.54. The van der Waals surface area contributed by atoms with E-state index >= 15 is 0 Å². The molecule has 0 aliphatic heterocycles. The Labute approximate surface area is 102 Å². The van der Waals surface area contributed by atoms with Gasteiger partial charge in [-0.05, 0) is 20.8 Å². The van der Waals surface area contributed by atoms with E-state index in [1.807, 2.05) is 25.7 Å². The van der Waals surface area contributed by atoms with Crippen LogP contribution in [0.1, 0.15) is 27.2 Å². The van der Waals surface area contributed by atoms with Gasteiger partial charge < -0.3 is 10.4 Å². The highest BCUT2D eigenvalue weighted by atomic mass is 16.4. The van der Waals surface area contributed by atoms with Gasteiger partial charge in [-0.2, -0.15) is 0 Å². The molecular formula is C12H20N2O3. The van der Waals surface area contributed by atoms with Gasteiger partial charge in [0.25, 0.3) is 0 Å². The van der Waals surface area contributed by atoms with E-state index in [-0.39, 0.29) is 31.0 Å². The van der Waals surface area contributed by atoms with Gasteiger partial charge in [0.05, 0.1) is 19.5 Å². The monoisotopic (exact) mass is 240 g/mol. The number of nitrogens with one attached hydrogen (secondary N) is 1. The van der Waals surface area contributed by atoms with Crippen LogP contribution in [0.15, 0.2) is 0 Å². The Morgan fingerprint density at radius 1 is 1.41 bits per heavy atom. The van der Waals surface area contributed by atoms with E-state index in [1.165, 1.54) is 0 Å². The number of terminal acetylenes is 1. The average molecular weight is 240 g/mol. The van der Waals surface area contributed by atoms with Gasteiger partial charge in [-0.1, -0.05) is 5.92 Å². The predicted octanol–water partition coefficient (Wildman–Crippen LogP) is 0.311. The van der Waals surface area contributed by atoms with Crippen molar-refractivity contribution in [1.82, 2.24) is 10.2 Å². The number of carbonyl (C=O) groups excluding carboxylic acids is 1. The molecule has 2 N–H and O–H groups in total. The highest BCUT2D eigenvalue weighted by Crippen LogP contribution is 2.13. The van der Waals surface area contributed by atoms with E-state index in [1.54, 1.807) is 0 Å². The molecule has 0 atom stereocenters. The number of carbonyl (C=O) groups is 2. The number of nitrogens with zero attached hydrogens (tertiary/aromatic N) is 1. The molecule has 0 rings (SSSR count). The fraction of sp³-hybridized carbons (Fsp3) is 0.667. The molecule has 0 radical (unpaired) electrons. The fourth-order valence-electron chi connectivity index (χ4n) is 1.26. The quantitative estimate of drug-likeness (QED) is 0.656. The first-order valence-corrected chi connectivity index (χ1v) is 5.44. The van der Waals surface area contributed by atoms with Crippen molar-refractivity contribution >= 4 is 11.9 Å². The lowest BCUT2D eigenvalue weighted by atomic mass is 10.1. The number of carboxylic acids is 1. The number of aliphatic carboxylic acids is 1. The number of rotatable bonds is 6. The summed E-state index contributed by atoms with van der Waals surface area (Å²) in [5.74, 6) is 1.25. The van der Waals surface area contributed by atoms with Crippen molar-refractivity contribution in [2.24, 2.45) is 0 Å². The van der Waals surface area contributed by atoms with Crippen molar-refractivity contribution in [2.75, 3.05) is 19.6 Å². The Balaban J connectivity index is 4.35. The lowest BCUT2D eigenvalue weighted by Gasteiger charge is -2.34. The van der Waals surface area contributed by atoms with Gasteiger partial charge in [-0.3, -0.25) is 14.5 Å². The van der Waals surface area contributed by atoms with Crippen LogP contribution >= 0.6 is 0 Å². The zero-order valence-electron chi connectivity index (χ0n) is 10.6. The van der Waals surface area contributed by atoms with Crippen LogP contribution in [0.2, 0.25) is 0 Å². The summed E-state index contributed by atoms with van der Waals surface area (Å²) in [6.07, 6.45) is 5.05. The summed E-state index contributed by atoms with van der Waals surface area (Å²) in [6.45, 7) is 6.48. The van der Waals surface area contributed by atoms with E-state index < -0.39 is 5.97 Å². The van der Waals surface area contributed by atoms with Crippen LogP contribution in [-0.4, -0.2) is 47.1 Å². The second-order valence-electron chi connectivity index (χ2n) is 4.72. The lowest BCUT2D eigenvalue weighted by molar-refractivity contribution is -0.138. The molecule has 0 saturated carbocycles. The minimum atomic E-state index is -0.872. The van der Waals surface area contributed by atoms with Crippen LogP contribution in [-0.2, 0) is 9.59 Å². The van der Waals surface area contributed by atoms with Crippen molar-refractivity contribution in [2.45, 2.75) is 32.7 Å². The molecule has 0 saturated heterocycles. The maximum atomic E-state index is 11.5. The number of carboxylic acid groups (broad SMARTS) is 1. The SMILES string of the molecule is C#CCNC(=O)CN(CCC(=O)O)C(C)(C)C. The van der Waals surface area contributed by atoms with E-state index in [4.69, 9.17) is 11.5 Å². The average Bonchev–Trinajstić information content (AvgIpc) is 2.19. The van der Waals surface area contributed by atoms with Gasteiger partial charge >= 0.3 is 5.97 Å². The molecule has 0 aliphatic rings. The number of hydrogen-bond donors (Lipinski definition) is 2. The highest BCUT2D eigenvalue weighted by Gasteiger charge is 2.23. The number of hydrogen-bond acceptors (Lipinski definition) is 3. The van der Waals surface area contributed by atoms with Crippen molar-refractivity contribution in [3.05, 3.63) is 0 Å². The van der Waals surface area contributed by atoms with Crippen LogP contribution in [0.3, 0.4) is 0 Å². The van der Waals surface area contributed by atoms with Crippen molar-refractivity contribution in [1.29, 1.82) is 0 Å². The highest BCUT2D eigenvalue weighted by molar-refractivity contribution is 5.78. The molecule has 0 unspecified atom stereocenters. The molecule has 0 aliphatic carbocycles. The van der Waals surface area contributed by atoms with Crippen LogP contribution in [0.4, 0.5) is 0 Å². The lowest BCUT2D eigenvalue weighted by Crippen LogP contribution is -2.48. The van der Waals surface area contributed by atoms with Gasteiger partial charge in [-0.15, -0.1) is 6.42 Å². The second-order valence-corrected chi connectivity index (χ2v) is 4.72. The third-order valence-electron chi connectivity index (χ3n) is 2.27. The first kappa shape index (κ1) is 15.5. The van der Waals surface area contributed by atoms with E-state index in [2.05, 4.69) is 11.2 Å². The number of amides is 1. The molecule has 0 fully saturated rings. The molecule has 0 heterocycles. The van der Waals surface area contributed by atoms with E-state index in [0.717, 1.165) is 0 Å². The van der Waals surface area contributed by atoms with Gasteiger partial charge in [0.1, 0.15) is 0 Å². The summed E-state index contributed by atoms with van der Waals surface area (Å²) in [5.41, 5.74) is -0.261. The third-order valence-corrected chi connectivity index (χ3v) is 2.27. The molecule has 96 valence electrons. The van der Waals surface area contributed by atoms with Gasteiger partial charge in [0, 0.05) is 12.1 Å². The normalized spacial score (nSPS) is 11.0. The standard InChI is InChI=1S/C12H20N2O3/c1-5-7-13-10(15)9-14(12(2,3)4)8-6-11(16)17/h1H,6-9H2,2-4H3,(H,13,15)(H,16,17). The molecule has 0 aromatic rings. The minimum absolute atomic E-state index is 0.0136. The smallest absolute Gasteiger partial charge is 0.304 e. The minimum Gasteiger partial charge on any atom is -0.481 e. The second kappa shape index (κ2) is 6.92. The maximum absolute atomic E-state index is 11.5. The Morgan fingerprint density at radius 2 is 2.00 bits per heavy atom. The summed E-state index contributed by atoms with van der Waals surface area (Å²) < 4.78 is 0. The molecule has 5 heteroatoms. The van der Waals surface area contributed by atoms with Crippen LogP contribution in [0, 0.1) is 12.3 Å². The van der Waals surface area contributed by atoms with E-state index in [0.29, 0.717) is 6.54 Å². The first-order chi connectivity index (χ1) is 7.77. The molecule has 5 nitrogen and oxygen atoms in total. The summed E-state index contributed by atoms with van der Waals surface area (Å²) >= 11 is 0. The third kappa shape index (κ3) is 7.36. The molecule has 1 amide bonds. The molecule has 0 aromatic heterocycles. The molecule has 0 spiro atoms. The largest absolute Gasteiger partial charge is 0.481 e. The van der Waals surface area contributed by atoms with Gasteiger partial charge in [0.15, 0.2) is 0 Å². The van der Waals surface area contributed by atoms with Crippen molar-refractivity contribution in [3.8, 4) is 12.3 Å². The summed E-state index contributed by atoms with van der Waals surface area (Å²) in [6, 6.07) is 0. The molecule has 17 heavy (non-hydrogen) atoms. The summed E-state index contributed by atoms with van der Waals surface area (Å²) in [7, 11) is 0. The van der Waals surface area contributed by atoms with Gasteiger partial charge in [0.2, 0.25) is 5.91 Å². The predicted molar refractivity (Wildman–Crippen MR) is 65.4 cm³/mol. The zero-order valence-corrected chi connectivity index (χ0v) is 10.6. The van der Waals surface area contributed by atoms with Crippen LogP contribution in [0.25, 0.3) is 0 Å². The molecule has 0 bridgehead atoms. The zero-order chi connectivity index (χ0) is 13.5. The maximum Gasteiger partial charge on any atom is 0.304 e. The van der Waals surface area contributed by atoms with Gasteiger partial charge in [-0.25, -0.2) is 0 Å². The van der Waals surface area contributed by atoms with Crippen molar-refractivity contribution in [3.63, 3.8) is 0 Å². The van der Waals surface area contributed by atoms with E-state index in [9.17, 15) is 9.59 Å². The van der Waals surface area contributed by atoms with Crippen molar-refractivity contribution < 1.29 is 14.7 Å². The molecule has 0 aromatic carbocycles. The van der Waals surface area contributed by atoms with Crippen LogP contribution in [0.5, 0.6) is 0 Å². The summed E-state index contributed by atoms with van der Waals surface area (Å²) in [5, 5.41) is 11.2. The molecular weight excluding hydrogens is 220 g/mol. The topological polar surface area (TPSA) is 69.6 Å². The Bertz CT molecular complexity index is 313. The van der Waals surface area contributed by atoms with Crippen LogP contribution < -0.4 is 5.32 Å². The fourth-order valence-corrected chi connectivity index (χ4v) is 1.26.